The Balaban J connectivity index is 1.82. The van der Waals surface area contributed by atoms with Gasteiger partial charge in [0.15, 0.2) is 0 Å². The number of carbonyl (C=O) groups excluding carboxylic acids is 1. The second kappa shape index (κ2) is 7.08. The predicted octanol–water partition coefficient (Wildman–Crippen LogP) is 5.07. The third kappa shape index (κ3) is 4.68. The number of fused-ring (bicyclic) bond motifs is 1. The monoisotopic (exact) mass is 388 g/mol. The number of halogens is 1. The molecule has 0 unspecified atom stereocenters. The van der Waals surface area contributed by atoms with E-state index in [1.54, 1.807) is 32.9 Å². The zero-order valence-corrected chi connectivity index (χ0v) is 16.6. The molecule has 7 nitrogen and oxygen atoms in total. The molecule has 27 heavy (non-hydrogen) atoms. The normalized spacial score (nSPS) is 11.5. The van der Waals surface area contributed by atoms with Crippen molar-refractivity contribution in [2.45, 2.75) is 33.3 Å². The van der Waals surface area contributed by atoms with Gasteiger partial charge in [-0.2, -0.15) is 5.10 Å². The lowest BCUT2D eigenvalue weighted by molar-refractivity contribution is 0.0635. The molecule has 0 aliphatic carbocycles. The molecule has 3 rings (SSSR count). The van der Waals surface area contributed by atoms with E-state index in [2.05, 4.69) is 15.4 Å². The molecule has 142 valence electrons. The maximum Gasteiger partial charge on any atom is 0.413 e. The second-order valence-electron chi connectivity index (χ2n) is 7.13. The Hall–Kier alpha value is -2.80. The lowest BCUT2D eigenvalue weighted by Gasteiger charge is -2.19. The number of ether oxygens (including phenoxy) is 2. The lowest BCUT2D eigenvalue weighted by Crippen LogP contribution is -2.27. The number of hydrogen-bond donors (Lipinski definition) is 1. The van der Waals surface area contributed by atoms with Crippen molar-refractivity contribution >= 4 is 34.4 Å². The van der Waals surface area contributed by atoms with Gasteiger partial charge in [0.05, 0.1) is 11.2 Å². The van der Waals surface area contributed by atoms with E-state index in [-0.39, 0.29) is 11.0 Å². The van der Waals surface area contributed by atoms with Gasteiger partial charge in [-0.15, -0.1) is 0 Å². The van der Waals surface area contributed by atoms with Crippen molar-refractivity contribution in [3.05, 3.63) is 41.2 Å². The van der Waals surface area contributed by atoms with Crippen LogP contribution in [0.15, 0.2) is 30.3 Å². The fourth-order valence-corrected chi connectivity index (χ4v) is 2.82. The summed E-state index contributed by atoms with van der Waals surface area (Å²) < 4.78 is 12.9. The Morgan fingerprint density at radius 3 is 2.63 bits per heavy atom. The van der Waals surface area contributed by atoms with Gasteiger partial charge in [0.1, 0.15) is 28.1 Å². The van der Waals surface area contributed by atoms with E-state index in [0.717, 1.165) is 16.6 Å². The predicted molar refractivity (Wildman–Crippen MR) is 105 cm³/mol. The highest BCUT2D eigenvalue weighted by Gasteiger charge is 2.17. The molecule has 0 aliphatic rings. The molecule has 1 aromatic carbocycles. The number of nitrogens with one attached hydrogen (secondary N) is 1. The van der Waals surface area contributed by atoms with Crippen LogP contribution >= 0.6 is 11.6 Å². The highest BCUT2D eigenvalue weighted by Crippen LogP contribution is 2.29. The summed E-state index contributed by atoms with van der Waals surface area (Å²) in [7, 11) is 1.90. The molecule has 0 bridgehead atoms. The standard InChI is InChI=1S/C19H21ClN4O3/c1-11-14-8-12(6-7-15(14)24(5)23-11)26-13-9-16(20)21-17(10-13)22-18(25)27-19(2,3)4/h6-10H,1-5H3,(H,21,22,25). The summed E-state index contributed by atoms with van der Waals surface area (Å²) in [6.07, 6.45) is -0.615. The van der Waals surface area contributed by atoms with Gasteiger partial charge in [0, 0.05) is 24.6 Å². The number of anilines is 1. The fourth-order valence-electron chi connectivity index (χ4n) is 2.62. The van der Waals surface area contributed by atoms with E-state index in [9.17, 15) is 4.79 Å². The summed E-state index contributed by atoms with van der Waals surface area (Å²) in [4.78, 5) is 16.0. The smallest absolute Gasteiger partial charge is 0.413 e. The number of amides is 1. The first kappa shape index (κ1) is 19.0. The van der Waals surface area contributed by atoms with Crippen molar-refractivity contribution in [3.8, 4) is 11.5 Å². The average molecular weight is 389 g/mol. The molecule has 1 N–H and O–H groups in total. The van der Waals surface area contributed by atoms with Crippen molar-refractivity contribution in [1.29, 1.82) is 0 Å². The minimum atomic E-state index is -0.615. The maximum absolute atomic E-state index is 11.9. The summed E-state index contributed by atoms with van der Waals surface area (Å²) in [6.45, 7) is 7.29. The number of aromatic nitrogens is 3. The van der Waals surface area contributed by atoms with Crippen LogP contribution in [0.25, 0.3) is 10.9 Å². The van der Waals surface area contributed by atoms with E-state index in [0.29, 0.717) is 11.5 Å². The van der Waals surface area contributed by atoms with Crippen LogP contribution < -0.4 is 10.1 Å². The zero-order valence-electron chi connectivity index (χ0n) is 15.8. The first-order chi connectivity index (χ1) is 12.6. The minimum Gasteiger partial charge on any atom is -0.457 e. The largest absolute Gasteiger partial charge is 0.457 e. The Kier molecular flexibility index (Phi) is 4.97. The van der Waals surface area contributed by atoms with E-state index in [4.69, 9.17) is 21.1 Å². The number of aryl methyl sites for hydroxylation is 2. The summed E-state index contributed by atoms with van der Waals surface area (Å²) in [6, 6.07) is 8.84. The summed E-state index contributed by atoms with van der Waals surface area (Å²) >= 11 is 6.06. The van der Waals surface area contributed by atoms with Crippen LogP contribution in [0.2, 0.25) is 5.15 Å². The van der Waals surface area contributed by atoms with Gasteiger partial charge < -0.3 is 9.47 Å². The molecule has 8 heteroatoms. The molecule has 0 atom stereocenters. The third-order valence-corrected chi connectivity index (χ3v) is 3.83. The number of carbonyl (C=O) groups is 1. The first-order valence-corrected chi connectivity index (χ1v) is 8.77. The van der Waals surface area contributed by atoms with Gasteiger partial charge in [-0.05, 0) is 45.9 Å². The molecule has 0 aliphatic heterocycles. The number of benzene rings is 1. The Morgan fingerprint density at radius 2 is 1.93 bits per heavy atom. The van der Waals surface area contributed by atoms with Gasteiger partial charge in [-0.3, -0.25) is 10.00 Å². The highest BCUT2D eigenvalue weighted by atomic mass is 35.5. The number of hydrogen-bond acceptors (Lipinski definition) is 5. The van der Waals surface area contributed by atoms with Crippen LogP contribution in [0.3, 0.4) is 0 Å². The van der Waals surface area contributed by atoms with Crippen LogP contribution in [0.5, 0.6) is 11.5 Å². The molecular weight excluding hydrogens is 368 g/mol. The molecule has 0 saturated carbocycles. The zero-order chi connectivity index (χ0) is 19.8. The van der Waals surface area contributed by atoms with Crippen molar-refractivity contribution in [1.82, 2.24) is 14.8 Å². The van der Waals surface area contributed by atoms with E-state index < -0.39 is 11.7 Å². The summed E-state index contributed by atoms with van der Waals surface area (Å²) in [5, 5.41) is 8.15. The van der Waals surface area contributed by atoms with E-state index in [1.165, 1.54) is 0 Å². The summed E-state index contributed by atoms with van der Waals surface area (Å²) in [5.74, 6) is 1.32. The molecule has 0 saturated heterocycles. The maximum atomic E-state index is 11.9. The number of rotatable bonds is 3. The van der Waals surface area contributed by atoms with Gasteiger partial charge in [-0.25, -0.2) is 9.78 Å². The topological polar surface area (TPSA) is 78.3 Å². The van der Waals surface area contributed by atoms with Gasteiger partial charge in [0.2, 0.25) is 0 Å². The third-order valence-electron chi connectivity index (χ3n) is 3.64. The first-order valence-electron chi connectivity index (χ1n) is 8.39. The van der Waals surface area contributed by atoms with Crippen LogP contribution in [-0.2, 0) is 11.8 Å². The SMILES string of the molecule is Cc1nn(C)c2ccc(Oc3cc(Cl)nc(NC(=O)OC(C)(C)C)c3)cc12. The van der Waals surface area contributed by atoms with Crippen molar-refractivity contribution in [2.24, 2.45) is 7.05 Å². The molecular formula is C19H21ClN4O3. The van der Waals surface area contributed by atoms with Crippen LogP contribution in [0.4, 0.5) is 10.6 Å². The number of nitrogens with zero attached hydrogens (tertiary/aromatic N) is 3. The van der Waals surface area contributed by atoms with Crippen molar-refractivity contribution < 1.29 is 14.3 Å². The molecule has 0 radical (unpaired) electrons. The fraction of sp³-hybridized carbons (Fsp3) is 0.316. The van der Waals surface area contributed by atoms with E-state index >= 15 is 0 Å². The minimum absolute atomic E-state index is 0.192. The molecule has 1 amide bonds. The Bertz CT molecular complexity index is 1010. The average Bonchev–Trinajstić information content (AvgIpc) is 2.79. The van der Waals surface area contributed by atoms with Gasteiger partial charge in [0.25, 0.3) is 0 Å². The molecule has 2 aromatic heterocycles. The van der Waals surface area contributed by atoms with Crippen molar-refractivity contribution in [3.63, 3.8) is 0 Å². The Morgan fingerprint density at radius 1 is 1.19 bits per heavy atom. The van der Waals surface area contributed by atoms with Gasteiger partial charge in [-0.1, -0.05) is 11.6 Å². The molecule has 0 spiro atoms. The highest BCUT2D eigenvalue weighted by molar-refractivity contribution is 6.29. The molecule has 3 aromatic rings. The lowest BCUT2D eigenvalue weighted by atomic mass is 10.2. The van der Waals surface area contributed by atoms with Crippen LogP contribution in [0.1, 0.15) is 26.5 Å². The summed E-state index contributed by atoms with van der Waals surface area (Å²) in [5.41, 5.74) is 1.32. The van der Waals surface area contributed by atoms with E-state index in [1.807, 2.05) is 36.9 Å². The van der Waals surface area contributed by atoms with Crippen molar-refractivity contribution in [2.75, 3.05) is 5.32 Å². The van der Waals surface area contributed by atoms with Crippen LogP contribution in [0, 0.1) is 6.92 Å². The van der Waals surface area contributed by atoms with Gasteiger partial charge >= 0.3 is 6.09 Å². The quantitative estimate of drug-likeness (QED) is 0.634. The molecule has 2 heterocycles. The number of pyridine rings is 1. The van der Waals surface area contributed by atoms with Crippen LogP contribution in [-0.4, -0.2) is 26.5 Å². The molecule has 0 fully saturated rings. The second-order valence-corrected chi connectivity index (χ2v) is 7.51. The Labute approximate surface area is 162 Å².